The van der Waals surface area contributed by atoms with Gasteiger partial charge >= 0.3 is 0 Å². The Bertz CT molecular complexity index is 343. The predicted octanol–water partition coefficient (Wildman–Crippen LogP) is 2.13. The normalized spacial score (nSPS) is 9.76. The van der Waals surface area contributed by atoms with Crippen molar-refractivity contribution >= 4 is 34.8 Å². The summed E-state index contributed by atoms with van der Waals surface area (Å²) in [5.74, 6) is 1.73. The Morgan fingerprint density at radius 3 is 2.94 bits per heavy atom. The first kappa shape index (κ1) is 14.1. The molecule has 0 aliphatic carbocycles. The molecule has 0 fully saturated rings. The first-order valence-electron chi connectivity index (χ1n) is 5.30. The van der Waals surface area contributed by atoms with Crippen LogP contribution in [0.3, 0.4) is 0 Å². The number of anilines is 1. The molecule has 0 saturated carbocycles. The van der Waals surface area contributed by atoms with E-state index in [9.17, 15) is 0 Å². The van der Waals surface area contributed by atoms with E-state index in [1.165, 1.54) is 0 Å². The molecule has 0 atom stereocenters. The molecule has 1 rings (SSSR count). The maximum atomic E-state index is 5.16. The monoisotopic (exact) mass is 271 g/mol. The van der Waals surface area contributed by atoms with Gasteiger partial charge < -0.3 is 15.4 Å². The number of thiocarbonyl (C=S) groups is 1. The summed E-state index contributed by atoms with van der Waals surface area (Å²) in [4.78, 5) is 4.08. The van der Waals surface area contributed by atoms with Crippen molar-refractivity contribution < 1.29 is 4.74 Å². The highest BCUT2D eigenvalue weighted by Crippen LogP contribution is 2.10. The first-order valence-corrected chi connectivity index (χ1v) is 7.10. The molecule has 0 saturated heterocycles. The van der Waals surface area contributed by atoms with Crippen LogP contribution in [0.25, 0.3) is 0 Å². The molecule has 0 bridgehead atoms. The molecule has 0 amide bonds. The number of aromatic nitrogens is 1. The summed E-state index contributed by atoms with van der Waals surface area (Å²) < 4.78 is 4.98. The minimum absolute atomic E-state index is 0.592. The molecule has 2 N–H and O–H groups in total. The van der Waals surface area contributed by atoms with E-state index in [-0.39, 0.29) is 0 Å². The van der Waals surface area contributed by atoms with E-state index in [0.717, 1.165) is 24.4 Å². The van der Waals surface area contributed by atoms with Gasteiger partial charge in [0.05, 0.1) is 19.0 Å². The van der Waals surface area contributed by atoms with Crippen molar-refractivity contribution in [1.82, 2.24) is 10.3 Å². The molecule has 17 heavy (non-hydrogen) atoms. The fourth-order valence-electron chi connectivity index (χ4n) is 1.17. The number of hydrogen-bond acceptors (Lipinski definition) is 4. The number of hydrogen-bond donors (Lipinski definition) is 2. The van der Waals surface area contributed by atoms with Crippen LogP contribution in [-0.2, 0) is 0 Å². The zero-order valence-corrected chi connectivity index (χ0v) is 11.7. The van der Waals surface area contributed by atoms with E-state index in [4.69, 9.17) is 17.0 Å². The molecule has 0 aliphatic heterocycles. The Balaban J connectivity index is 2.29. The van der Waals surface area contributed by atoms with Gasteiger partial charge in [0.2, 0.25) is 5.88 Å². The standard InChI is InChI=1S/C11H17N3OS2/c1-15-10-5-4-9(8-13-10)14-11(16)12-6-3-7-17-2/h4-5,8H,3,6-7H2,1-2H3,(H2,12,14,16). The van der Waals surface area contributed by atoms with E-state index in [1.54, 1.807) is 19.4 Å². The van der Waals surface area contributed by atoms with Gasteiger partial charge in [-0.3, -0.25) is 0 Å². The maximum absolute atomic E-state index is 5.16. The topological polar surface area (TPSA) is 46.2 Å². The first-order chi connectivity index (χ1) is 8.26. The van der Waals surface area contributed by atoms with Crippen LogP contribution in [0.2, 0.25) is 0 Å². The van der Waals surface area contributed by atoms with Gasteiger partial charge in [0, 0.05) is 12.6 Å². The quantitative estimate of drug-likeness (QED) is 0.610. The van der Waals surface area contributed by atoms with Crippen LogP contribution in [-0.4, -0.2) is 35.8 Å². The number of thioether (sulfide) groups is 1. The van der Waals surface area contributed by atoms with Crippen LogP contribution in [0.4, 0.5) is 5.69 Å². The van der Waals surface area contributed by atoms with Crippen LogP contribution in [0, 0.1) is 0 Å². The minimum atomic E-state index is 0.592. The molecule has 0 spiro atoms. The number of methoxy groups -OCH3 is 1. The Kier molecular flexibility index (Phi) is 6.73. The highest BCUT2D eigenvalue weighted by Gasteiger charge is 1.98. The SMILES string of the molecule is COc1ccc(NC(=S)NCCCSC)cn1. The summed E-state index contributed by atoms with van der Waals surface area (Å²) in [6.45, 7) is 0.885. The van der Waals surface area contributed by atoms with Crippen molar-refractivity contribution in [2.45, 2.75) is 6.42 Å². The molecule has 1 heterocycles. The number of rotatable bonds is 6. The van der Waals surface area contributed by atoms with Crippen LogP contribution in [0.1, 0.15) is 6.42 Å². The van der Waals surface area contributed by atoms with Crippen LogP contribution in [0.5, 0.6) is 5.88 Å². The highest BCUT2D eigenvalue weighted by atomic mass is 32.2. The number of ether oxygens (including phenoxy) is 1. The largest absolute Gasteiger partial charge is 0.481 e. The van der Waals surface area contributed by atoms with E-state index < -0.39 is 0 Å². The number of nitrogens with one attached hydrogen (secondary N) is 2. The molecule has 0 unspecified atom stereocenters. The van der Waals surface area contributed by atoms with Crippen molar-refractivity contribution in [1.29, 1.82) is 0 Å². The van der Waals surface area contributed by atoms with Crippen molar-refractivity contribution in [2.75, 3.05) is 31.0 Å². The van der Waals surface area contributed by atoms with Gasteiger partial charge in [-0.15, -0.1) is 0 Å². The van der Waals surface area contributed by atoms with E-state index in [1.807, 2.05) is 17.8 Å². The number of nitrogens with zero attached hydrogens (tertiary/aromatic N) is 1. The molecule has 1 aromatic heterocycles. The second kappa shape index (κ2) is 8.14. The molecule has 0 radical (unpaired) electrons. The zero-order valence-electron chi connectivity index (χ0n) is 10.0. The van der Waals surface area contributed by atoms with Crippen LogP contribution >= 0.6 is 24.0 Å². The highest BCUT2D eigenvalue weighted by molar-refractivity contribution is 7.98. The molecular weight excluding hydrogens is 254 g/mol. The third-order valence-corrected chi connectivity index (χ3v) is 2.96. The van der Waals surface area contributed by atoms with Gasteiger partial charge in [0.25, 0.3) is 0 Å². The van der Waals surface area contributed by atoms with Gasteiger partial charge in [0.15, 0.2) is 5.11 Å². The summed E-state index contributed by atoms with van der Waals surface area (Å²) >= 11 is 6.99. The predicted molar refractivity (Wildman–Crippen MR) is 78.0 cm³/mol. The smallest absolute Gasteiger partial charge is 0.213 e. The Morgan fingerprint density at radius 1 is 1.53 bits per heavy atom. The number of pyridine rings is 1. The lowest BCUT2D eigenvalue weighted by atomic mass is 10.4. The van der Waals surface area contributed by atoms with Crippen molar-refractivity contribution in [3.63, 3.8) is 0 Å². The molecule has 6 heteroatoms. The van der Waals surface area contributed by atoms with Gasteiger partial charge in [-0.1, -0.05) is 0 Å². The van der Waals surface area contributed by atoms with Gasteiger partial charge in [0.1, 0.15) is 0 Å². The lowest BCUT2D eigenvalue weighted by Gasteiger charge is -2.10. The second-order valence-corrected chi connectivity index (χ2v) is 4.71. The van der Waals surface area contributed by atoms with E-state index >= 15 is 0 Å². The van der Waals surface area contributed by atoms with Crippen molar-refractivity contribution in [3.8, 4) is 5.88 Å². The molecule has 0 aromatic carbocycles. The average Bonchev–Trinajstić information content (AvgIpc) is 2.36. The Hall–Kier alpha value is -1.01. The Morgan fingerprint density at radius 2 is 2.35 bits per heavy atom. The molecule has 1 aromatic rings. The third-order valence-electron chi connectivity index (χ3n) is 2.01. The average molecular weight is 271 g/mol. The fourth-order valence-corrected chi connectivity index (χ4v) is 1.82. The fraction of sp³-hybridized carbons (Fsp3) is 0.455. The summed E-state index contributed by atoms with van der Waals surface area (Å²) in [6, 6.07) is 3.67. The van der Waals surface area contributed by atoms with Crippen LogP contribution in [0.15, 0.2) is 18.3 Å². The summed E-state index contributed by atoms with van der Waals surface area (Å²) in [6.07, 6.45) is 4.89. The van der Waals surface area contributed by atoms with E-state index in [0.29, 0.717) is 11.0 Å². The lowest BCUT2D eigenvalue weighted by Crippen LogP contribution is -2.29. The zero-order chi connectivity index (χ0) is 12.5. The van der Waals surface area contributed by atoms with E-state index in [2.05, 4.69) is 21.9 Å². The maximum Gasteiger partial charge on any atom is 0.213 e. The van der Waals surface area contributed by atoms with Crippen LogP contribution < -0.4 is 15.4 Å². The third kappa shape index (κ3) is 5.74. The van der Waals surface area contributed by atoms with Crippen molar-refractivity contribution in [2.24, 2.45) is 0 Å². The summed E-state index contributed by atoms with van der Waals surface area (Å²) in [5.41, 5.74) is 0.855. The Labute approximate surface area is 112 Å². The lowest BCUT2D eigenvalue weighted by molar-refractivity contribution is 0.398. The molecule has 4 nitrogen and oxygen atoms in total. The van der Waals surface area contributed by atoms with Gasteiger partial charge in [-0.25, -0.2) is 4.98 Å². The minimum Gasteiger partial charge on any atom is -0.481 e. The summed E-state index contributed by atoms with van der Waals surface area (Å²) in [7, 11) is 1.59. The molecular formula is C11H17N3OS2. The molecule has 94 valence electrons. The molecule has 0 aliphatic rings. The van der Waals surface area contributed by atoms with Gasteiger partial charge in [-0.2, -0.15) is 11.8 Å². The second-order valence-electron chi connectivity index (χ2n) is 3.32. The van der Waals surface area contributed by atoms with Crippen molar-refractivity contribution in [3.05, 3.63) is 18.3 Å². The summed E-state index contributed by atoms with van der Waals surface area (Å²) in [5, 5.41) is 6.83. The van der Waals surface area contributed by atoms with Gasteiger partial charge in [-0.05, 0) is 36.7 Å².